The van der Waals surface area contributed by atoms with E-state index >= 15 is 0 Å². The molecule has 0 saturated heterocycles. The molecule has 2 heterocycles. The summed E-state index contributed by atoms with van der Waals surface area (Å²) in [7, 11) is 0. The largest absolute Gasteiger partial charge is 0.439 e. The van der Waals surface area contributed by atoms with Gasteiger partial charge in [0, 0.05) is 0 Å². The van der Waals surface area contributed by atoms with Crippen LogP contribution in [0, 0.1) is 6.92 Å². The molecule has 0 atom stereocenters. The first-order valence-corrected chi connectivity index (χ1v) is 5.50. The molecular formula is C8H5Cl2N3OS. The number of rotatable bonds is 2. The van der Waals surface area contributed by atoms with E-state index in [4.69, 9.17) is 27.6 Å². The van der Waals surface area contributed by atoms with Gasteiger partial charge in [-0.05, 0) is 30.3 Å². The van der Waals surface area contributed by atoms with E-state index in [0.717, 1.165) is 5.69 Å². The van der Waals surface area contributed by atoms with E-state index in [0.29, 0.717) is 15.3 Å². The Labute approximate surface area is 100 Å². The summed E-state index contributed by atoms with van der Waals surface area (Å²) in [5.74, 6) is 0. The summed E-state index contributed by atoms with van der Waals surface area (Å²) < 4.78 is 5.15. The number of hydrogen-bond acceptors (Lipinski definition) is 5. The van der Waals surface area contributed by atoms with Gasteiger partial charge in [0.2, 0.25) is 5.28 Å². The quantitative estimate of drug-likeness (QED) is 0.614. The van der Waals surface area contributed by atoms with E-state index in [9.17, 15) is 0 Å². The molecule has 15 heavy (non-hydrogen) atoms. The van der Waals surface area contributed by atoms with Crippen molar-refractivity contribution in [3.63, 3.8) is 0 Å². The van der Waals surface area contributed by atoms with Gasteiger partial charge in [0.25, 0.3) is 5.22 Å². The average Bonchev–Trinajstić information content (AvgIpc) is 2.58. The Bertz CT molecular complexity index is 488. The minimum Gasteiger partial charge on any atom is -0.439 e. The molecular weight excluding hydrogens is 257 g/mol. The average molecular weight is 262 g/mol. The summed E-state index contributed by atoms with van der Waals surface area (Å²) in [4.78, 5) is 11.8. The molecule has 2 rings (SSSR count). The van der Waals surface area contributed by atoms with Gasteiger partial charge in [-0.15, -0.1) is 0 Å². The third-order valence-electron chi connectivity index (χ3n) is 1.46. The molecule has 7 heteroatoms. The molecule has 2 aromatic heterocycles. The third-order valence-corrected chi connectivity index (χ3v) is 2.90. The van der Waals surface area contributed by atoms with Gasteiger partial charge in [-0.2, -0.15) is 0 Å². The van der Waals surface area contributed by atoms with Gasteiger partial charge < -0.3 is 4.42 Å². The van der Waals surface area contributed by atoms with Crippen molar-refractivity contribution in [3.8, 4) is 0 Å². The number of oxazole rings is 1. The summed E-state index contributed by atoms with van der Waals surface area (Å²) >= 11 is 12.7. The highest BCUT2D eigenvalue weighted by Gasteiger charge is 2.10. The Hall–Kier alpha value is -0.780. The molecule has 0 aliphatic carbocycles. The first kappa shape index (κ1) is 10.7. The van der Waals surface area contributed by atoms with Gasteiger partial charge >= 0.3 is 0 Å². The van der Waals surface area contributed by atoms with Crippen molar-refractivity contribution in [2.45, 2.75) is 17.2 Å². The van der Waals surface area contributed by atoms with Crippen LogP contribution in [0.5, 0.6) is 0 Å². The monoisotopic (exact) mass is 261 g/mol. The van der Waals surface area contributed by atoms with E-state index in [2.05, 4.69) is 15.0 Å². The molecule has 0 bridgehead atoms. The normalized spacial score (nSPS) is 10.6. The molecule has 0 amide bonds. The van der Waals surface area contributed by atoms with Crippen molar-refractivity contribution in [2.75, 3.05) is 0 Å². The zero-order chi connectivity index (χ0) is 10.8. The molecule has 0 aromatic carbocycles. The molecule has 4 nitrogen and oxygen atoms in total. The highest BCUT2D eigenvalue weighted by molar-refractivity contribution is 7.99. The van der Waals surface area contributed by atoms with Crippen LogP contribution in [0.3, 0.4) is 0 Å². The van der Waals surface area contributed by atoms with Gasteiger partial charge in [0.15, 0.2) is 0 Å². The smallest absolute Gasteiger partial charge is 0.262 e. The highest BCUT2D eigenvalue weighted by atomic mass is 35.5. The topological polar surface area (TPSA) is 51.8 Å². The molecule has 0 unspecified atom stereocenters. The third kappa shape index (κ3) is 2.62. The number of nitrogens with zero attached hydrogens (tertiary/aromatic N) is 3. The number of halogens is 2. The zero-order valence-corrected chi connectivity index (χ0v) is 9.90. The Morgan fingerprint density at radius 2 is 2.13 bits per heavy atom. The second kappa shape index (κ2) is 4.38. The van der Waals surface area contributed by atoms with Gasteiger partial charge in [-0.1, -0.05) is 11.6 Å². The number of hydrogen-bond donors (Lipinski definition) is 0. The molecule has 0 radical (unpaired) electrons. The first-order valence-electron chi connectivity index (χ1n) is 3.93. The summed E-state index contributed by atoms with van der Waals surface area (Å²) in [6.45, 7) is 1.84. The number of aromatic nitrogens is 3. The fraction of sp³-hybridized carbons (Fsp3) is 0.125. The SMILES string of the molecule is Cc1coc(Sc2nc(Cl)ncc2Cl)n1. The molecule has 0 fully saturated rings. The van der Waals surface area contributed by atoms with Crippen LogP contribution < -0.4 is 0 Å². The van der Waals surface area contributed by atoms with Crippen LogP contribution in [0.1, 0.15) is 5.69 Å². The lowest BCUT2D eigenvalue weighted by Crippen LogP contribution is -1.86. The lowest BCUT2D eigenvalue weighted by atomic mass is 10.6. The molecule has 0 saturated carbocycles. The lowest BCUT2D eigenvalue weighted by molar-refractivity contribution is 0.454. The highest BCUT2D eigenvalue weighted by Crippen LogP contribution is 2.31. The molecule has 0 aliphatic heterocycles. The van der Waals surface area contributed by atoms with Gasteiger partial charge in [-0.25, -0.2) is 15.0 Å². The van der Waals surface area contributed by atoms with E-state index in [-0.39, 0.29) is 5.28 Å². The molecule has 0 aliphatic rings. The van der Waals surface area contributed by atoms with Crippen molar-refractivity contribution < 1.29 is 4.42 Å². The van der Waals surface area contributed by atoms with Crippen LogP contribution in [0.25, 0.3) is 0 Å². The Balaban J connectivity index is 2.27. The van der Waals surface area contributed by atoms with Crippen LogP contribution in [0.15, 0.2) is 27.1 Å². The lowest BCUT2D eigenvalue weighted by Gasteiger charge is -1.98. The second-order valence-corrected chi connectivity index (χ2v) is 4.33. The summed E-state index contributed by atoms with van der Waals surface area (Å²) in [5.41, 5.74) is 0.800. The van der Waals surface area contributed by atoms with Crippen molar-refractivity contribution >= 4 is 35.0 Å². The van der Waals surface area contributed by atoms with Gasteiger partial charge in [-0.3, -0.25) is 0 Å². The zero-order valence-electron chi connectivity index (χ0n) is 7.57. The van der Waals surface area contributed by atoms with Crippen LogP contribution in [-0.4, -0.2) is 15.0 Å². The predicted molar refractivity (Wildman–Crippen MR) is 57.4 cm³/mol. The van der Waals surface area contributed by atoms with Crippen LogP contribution in [0.4, 0.5) is 0 Å². The van der Waals surface area contributed by atoms with E-state index in [1.807, 2.05) is 6.92 Å². The Kier molecular flexibility index (Phi) is 3.14. The van der Waals surface area contributed by atoms with Gasteiger partial charge in [0.05, 0.1) is 16.9 Å². The fourth-order valence-corrected chi connectivity index (χ4v) is 1.99. The maximum atomic E-state index is 5.88. The molecule has 2 aromatic rings. The maximum Gasteiger partial charge on any atom is 0.262 e. The minimum atomic E-state index is 0.144. The van der Waals surface area contributed by atoms with Crippen LogP contribution in [-0.2, 0) is 0 Å². The van der Waals surface area contributed by atoms with E-state index in [1.165, 1.54) is 18.0 Å². The van der Waals surface area contributed by atoms with Crippen molar-refractivity contribution in [1.29, 1.82) is 0 Å². The molecule has 0 N–H and O–H groups in total. The second-order valence-electron chi connectivity index (χ2n) is 2.65. The molecule has 78 valence electrons. The van der Waals surface area contributed by atoms with Crippen molar-refractivity contribution in [2.24, 2.45) is 0 Å². The first-order chi connectivity index (χ1) is 7.15. The van der Waals surface area contributed by atoms with E-state index < -0.39 is 0 Å². The predicted octanol–water partition coefficient (Wildman–Crippen LogP) is 3.23. The summed E-state index contributed by atoms with van der Waals surface area (Å²) in [5, 5.41) is 1.56. The van der Waals surface area contributed by atoms with Crippen molar-refractivity contribution in [1.82, 2.24) is 15.0 Å². The van der Waals surface area contributed by atoms with E-state index in [1.54, 1.807) is 6.26 Å². The fourth-order valence-electron chi connectivity index (χ4n) is 0.865. The summed E-state index contributed by atoms with van der Waals surface area (Å²) in [6.07, 6.45) is 2.99. The molecule has 0 spiro atoms. The van der Waals surface area contributed by atoms with Crippen LogP contribution in [0.2, 0.25) is 10.3 Å². The maximum absolute atomic E-state index is 5.88. The minimum absolute atomic E-state index is 0.144. The number of aryl methyl sites for hydroxylation is 1. The summed E-state index contributed by atoms with van der Waals surface area (Å²) in [6, 6.07) is 0. The Morgan fingerprint density at radius 3 is 2.80 bits per heavy atom. The standard InChI is InChI=1S/C8H5Cl2N3OS/c1-4-3-14-8(12-4)15-6-5(9)2-11-7(10)13-6/h2-3H,1H3. The Morgan fingerprint density at radius 1 is 1.33 bits per heavy atom. The van der Waals surface area contributed by atoms with Crippen molar-refractivity contribution in [3.05, 3.63) is 28.5 Å². The van der Waals surface area contributed by atoms with Crippen LogP contribution >= 0.6 is 35.0 Å². The van der Waals surface area contributed by atoms with Gasteiger partial charge in [0.1, 0.15) is 11.3 Å².